The van der Waals surface area contributed by atoms with E-state index < -0.39 is 6.03 Å². The number of amides is 2. The summed E-state index contributed by atoms with van der Waals surface area (Å²) in [5.74, 6) is 1.15. The number of primary amides is 1. The molecule has 6 nitrogen and oxygen atoms in total. The molecule has 0 saturated carbocycles. The van der Waals surface area contributed by atoms with Gasteiger partial charge in [0.15, 0.2) is 0 Å². The number of nitrogens with one attached hydrogen (secondary N) is 1. The molecule has 26 heavy (non-hydrogen) atoms. The highest BCUT2D eigenvalue weighted by atomic mass is 35.5. The largest absolute Gasteiger partial charge is 0.490 e. The maximum Gasteiger partial charge on any atom is 0.332 e. The molecule has 138 valence electrons. The molecule has 2 aromatic rings. The molecule has 2 aromatic carbocycles. The van der Waals surface area contributed by atoms with Gasteiger partial charge in [0.05, 0.1) is 11.2 Å². The van der Waals surface area contributed by atoms with Crippen molar-refractivity contribution in [1.82, 2.24) is 5.43 Å². The second-order valence-electron chi connectivity index (χ2n) is 5.48. The molecule has 0 radical (unpaired) electrons. The van der Waals surface area contributed by atoms with Gasteiger partial charge in [-0.2, -0.15) is 5.10 Å². The summed E-state index contributed by atoms with van der Waals surface area (Å²) in [6, 6.07) is 8.27. The lowest BCUT2D eigenvalue weighted by Crippen LogP contribution is -2.24. The zero-order chi connectivity index (χ0) is 19.1. The molecule has 0 unspecified atom stereocenters. The molecule has 8 heteroatoms. The van der Waals surface area contributed by atoms with Crippen LogP contribution in [-0.2, 0) is 0 Å². The van der Waals surface area contributed by atoms with Gasteiger partial charge in [0, 0.05) is 10.6 Å². The number of halogens is 2. The van der Waals surface area contributed by atoms with Crippen molar-refractivity contribution in [2.45, 2.75) is 13.8 Å². The number of urea groups is 1. The maximum atomic E-state index is 10.7. The lowest BCUT2D eigenvalue weighted by molar-refractivity contribution is 0.217. The Kier molecular flexibility index (Phi) is 7.12. The van der Waals surface area contributed by atoms with Gasteiger partial charge in [-0.15, -0.1) is 0 Å². The molecule has 0 aliphatic rings. The predicted octanol–water partition coefficient (Wildman–Crippen LogP) is 4.07. The molecule has 0 atom stereocenters. The number of nitrogens with zero attached hydrogens (tertiary/aromatic N) is 1. The van der Waals surface area contributed by atoms with Crippen LogP contribution >= 0.6 is 23.2 Å². The van der Waals surface area contributed by atoms with Gasteiger partial charge in [-0.05, 0) is 49.2 Å². The molecule has 0 saturated heterocycles. The van der Waals surface area contributed by atoms with Crippen molar-refractivity contribution >= 4 is 35.4 Å². The molecular formula is C18H19Cl2N3O3. The summed E-state index contributed by atoms with van der Waals surface area (Å²) in [6.45, 7) is 4.66. The number of rotatable bonds is 7. The van der Waals surface area contributed by atoms with Gasteiger partial charge >= 0.3 is 6.03 Å². The molecular weight excluding hydrogens is 377 g/mol. The number of ether oxygens (including phenoxy) is 2. The second-order valence-corrected chi connectivity index (χ2v) is 6.33. The van der Waals surface area contributed by atoms with E-state index in [1.165, 1.54) is 11.8 Å². The van der Waals surface area contributed by atoms with Crippen molar-refractivity contribution in [1.29, 1.82) is 0 Å². The van der Waals surface area contributed by atoms with Gasteiger partial charge in [0.2, 0.25) is 0 Å². The van der Waals surface area contributed by atoms with Crippen LogP contribution in [0.15, 0.2) is 35.4 Å². The molecule has 0 aromatic heterocycles. The average molecular weight is 396 g/mol. The van der Waals surface area contributed by atoms with Gasteiger partial charge in [0.1, 0.15) is 24.7 Å². The Morgan fingerprint density at radius 3 is 2.58 bits per heavy atom. The van der Waals surface area contributed by atoms with E-state index in [0.717, 1.165) is 11.3 Å². The predicted molar refractivity (Wildman–Crippen MR) is 104 cm³/mol. The van der Waals surface area contributed by atoms with Gasteiger partial charge < -0.3 is 15.2 Å². The van der Waals surface area contributed by atoms with Gasteiger partial charge in [0.25, 0.3) is 0 Å². The summed E-state index contributed by atoms with van der Waals surface area (Å²) < 4.78 is 11.4. The SMILES string of the molecule is Cc1ccc(OCCOc2c(Cl)cc(Cl)cc2C=NNC(N)=O)cc1C. The van der Waals surface area contributed by atoms with Gasteiger partial charge in [-0.25, -0.2) is 10.2 Å². The summed E-state index contributed by atoms with van der Waals surface area (Å²) in [7, 11) is 0. The average Bonchev–Trinajstić information content (AvgIpc) is 2.56. The Bertz CT molecular complexity index is 826. The summed E-state index contributed by atoms with van der Waals surface area (Å²) in [6.07, 6.45) is 1.35. The van der Waals surface area contributed by atoms with Crippen LogP contribution in [0.3, 0.4) is 0 Å². The summed E-state index contributed by atoms with van der Waals surface area (Å²) in [4.78, 5) is 10.7. The van der Waals surface area contributed by atoms with Gasteiger partial charge in [-0.1, -0.05) is 29.3 Å². The van der Waals surface area contributed by atoms with Crippen LogP contribution < -0.4 is 20.6 Å². The molecule has 0 fully saturated rings. The molecule has 2 rings (SSSR count). The third kappa shape index (κ3) is 5.82. The lowest BCUT2D eigenvalue weighted by Gasteiger charge is -2.13. The van der Waals surface area contributed by atoms with E-state index in [2.05, 4.69) is 10.5 Å². The van der Waals surface area contributed by atoms with Gasteiger partial charge in [-0.3, -0.25) is 0 Å². The minimum Gasteiger partial charge on any atom is -0.490 e. The number of hydrogen-bond acceptors (Lipinski definition) is 4. The van der Waals surface area contributed by atoms with Crippen LogP contribution in [0.5, 0.6) is 11.5 Å². The van der Waals surface area contributed by atoms with E-state index in [0.29, 0.717) is 28.0 Å². The first-order valence-electron chi connectivity index (χ1n) is 7.77. The van der Waals surface area contributed by atoms with Crippen LogP contribution in [0, 0.1) is 13.8 Å². The van der Waals surface area contributed by atoms with Crippen molar-refractivity contribution in [3.8, 4) is 11.5 Å². The summed E-state index contributed by atoms with van der Waals surface area (Å²) in [5, 5.41) is 4.43. The van der Waals surface area contributed by atoms with Crippen molar-refractivity contribution in [3.63, 3.8) is 0 Å². The van der Waals surface area contributed by atoms with E-state index in [4.69, 9.17) is 38.4 Å². The normalized spacial score (nSPS) is 10.8. The van der Waals surface area contributed by atoms with Crippen LogP contribution in [0.1, 0.15) is 16.7 Å². The fourth-order valence-corrected chi connectivity index (χ4v) is 2.66. The fraction of sp³-hybridized carbons (Fsp3) is 0.222. The molecule has 0 heterocycles. The second kappa shape index (κ2) is 9.31. The smallest absolute Gasteiger partial charge is 0.332 e. The fourth-order valence-electron chi connectivity index (χ4n) is 2.10. The Balaban J connectivity index is 2.00. The molecule has 2 amide bonds. The highest BCUT2D eigenvalue weighted by Gasteiger charge is 2.10. The molecule has 0 aliphatic heterocycles. The van der Waals surface area contributed by atoms with Crippen LogP contribution in [-0.4, -0.2) is 25.5 Å². The van der Waals surface area contributed by atoms with Crippen molar-refractivity contribution in [3.05, 3.63) is 57.1 Å². The lowest BCUT2D eigenvalue weighted by atomic mass is 10.1. The summed E-state index contributed by atoms with van der Waals surface area (Å²) >= 11 is 12.2. The first-order valence-corrected chi connectivity index (χ1v) is 8.53. The standard InChI is InChI=1S/C18H19Cl2N3O3/c1-11-3-4-15(7-12(11)2)25-5-6-26-17-13(10-22-23-18(21)24)8-14(19)9-16(17)20/h3-4,7-10H,5-6H2,1-2H3,(H3,21,23,24). The number of hydrogen-bond donors (Lipinski definition) is 2. The molecule has 0 spiro atoms. The van der Waals surface area contributed by atoms with Crippen molar-refractivity contribution < 1.29 is 14.3 Å². The van der Waals surface area contributed by atoms with Crippen molar-refractivity contribution in [2.75, 3.05) is 13.2 Å². The Morgan fingerprint density at radius 1 is 1.15 bits per heavy atom. The third-order valence-corrected chi connectivity index (χ3v) is 3.99. The Morgan fingerprint density at radius 2 is 1.88 bits per heavy atom. The molecule has 0 aliphatic carbocycles. The number of aryl methyl sites for hydroxylation is 2. The number of nitrogens with two attached hydrogens (primary N) is 1. The number of carbonyl (C=O) groups excluding carboxylic acids is 1. The minimum atomic E-state index is -0.779. The van der Waals surface area contributed by atoms with E-state index >= 15 is 0 Å². The van der Waals surface area contributed by atoms with Crippen LogP contribution in [0.25, 0.3) is 0 Å². The van der Waals surface area contributed by atoms with E-state index in [1.54, 1.807) is 12.1 Å². The van der Waals surface area contributed by atoms with E-state index in [9.17, 15) is 4.79 Å². The van der Waals surface area contributed by atoms with Crippen LogP contribution in [0.2, 0.25) is 10.0 Å². The third-order valence-electron chi connectivity index (χ3n) is 3.49. The first kappa shape index (κ1) is 19.9. The highest BCUT2D eigenvalue weighted by molar-refractivity contribution is 6.36. The monoisotopic (exact) mass is 395 g/mol. The zero-order valence-electron chi connectivity index (χ0n) is 14.4. The number of hydrazone groups is 1. The highest BCUT2D eigenvalue weighted by Crippen LogP contribution is 2.31. The molecule has 0 bridgehead atoms. The topological polar surface area (TPSA) is 85.9 Å². The Hall–Kier alpha value is -2.44. The quantitative estimate of drug-likeness (QED) is 0.420. The molecule has 3 N–H and O–H groups in total. The van der Waals surface area contributed by atoms with E-state index in [-0.39, 0.29) is 6.61 Å². The van der Waals surface area contributed by atoms with E-state index in [1.807, 2.05) is 32.0 Å². The van der Waals surface area contributed by atoms with Crippen LogP contribution in [0.4, 0.5) is 4.79 Å². The number of benzene rings is 2. The number of carbonyl (C=O) groups is 1. The Labute approximate surface area is 161 Å². The van der Waals surface area contributed by atoms with Crippen molar-refractivity contribution in [2.24, 2.45) is 10.8 Å². The summed E-state index contributed by atoms with van der Waals surface area (Å²) in [5.41, 5.74) is 9.93. The first-order chi connectivity index (χ1) is 12.4. The zero-order valence-corrected chi connectivity index (χ0v) is 15.9. The maximum absolute atomic E-state index is 10.7. The minimum absolute atomic E-state index is 0.262.